The van der Waals surface area contributed by atoms with Crippen molar-refractivity contribution in [1.82, 2.24) is 25.5 Å². The number of nitrogens with zero attached hydrogens (tertiary/aromatic N) is 5. The first-order valence-electron chi connectivity index (χ1n) is 11.9. The minimum atomic E-state index is -0.634. The Morgan fingerprint density at radius 1 is 1.18 bits per heavy atom. The highest BCUT2D eigenvalue weighted by molar-refractivity contribution is 6.01. The first-order valence-corrected chi connectivity index (χ1v) is 11.9. The molecule has 0 radical (unpaired) electrons. The summed E-state index contributed by atoms with van der Waals surface area (Å²) in [6.07, 6.45) is 4.70. The van der Waals surface area contributed by atoms with Gasteiger partial charge in [-0.25, -0.2) is 0 Å². The van der Waals surface area contributed by atoms with Crippen LogP contribution in [0.1, 0.15) is 55.9 Å². The second-order valence-electron chi connectivity index (χ2n) is 9.02. The number of anilines is 1. The van der Waals surface area contributed by atoms with Gasteiger partial charge in [0.15, 0.2) is 5.76 Å². The smallest absolute Gasteiger partial charge is 0.251 e. The fourth-order valence-electron chi connectivity index (χ4n) is 4.57. The van der Waals surface area contributed by atoms with Gasteiger partial charge in [-0.3, -0.25) is 14.5 Å². The molecule has 0 spiro atoms. The standard InChI is InChI=1S/C25H32N6O3/c1-5-20(25(33)26-19-8-6-7-9-19)31(21-12-10-16(2)14-17(21)3)23(32)15-30-28-24(27-29-30)22-13-11-18(4)34-22/h10-14,19-20H,5-9,15H2,1-4H3,(H,26,33). The Hall–Kier alpha value is -3.49. The van der Waals surface area contributed by atoms with Gasteiger partial charge >= 0.3 is 0 Å². The van der Waals surface area contributed by atoms with Gasteiger partial charge in [-0.05, 0) is 69.0 Å². The highest BCUT2D eigenvalue weighted by Gasteiger charge is 2.33. The van der Waals surface area contributed by atoms with E-state index in [1.54, 1.807) is 11.0 Å². The normalized spacial score (nSPS) is 14.8. The molecule has 1 aromatic carbocycles. The van der Waals surface area contributed by atoms with E-state index in [1.807, 2.05) is 52.0 Å². The molecule has 0 aliphatic heterocycles. The van der Waals surface area contributed by atoms with Crippen molar-refractivity contribution in [2.24, 2.45) is 0 Å². The van der Waals surface area contributed by atoms with Crippen LogP contribution in [0.5, 0.6) is 0 Å². The number of aromatic nitrogens is 4. The molecular weight excluding hydrogens is 432 g/mol. The molecule has 0 bridgehead atoms. The van der Waals surface area contributed by atoms with Crippen molar-refractivity contribution in [3.05, 3.63) is 47.2 Å². The van der Waals surface area contributed by atoms with Crippen molar-refractivity contribution >= 4 is 17.5 Å². The number of tetrazole rings is 1. The lowest BCUT2D eigenvalue weighted by Gasteiger charge is -2.32. The van der Waals surface area contributed by atoms with Crippen molar-refractivity contribution in [1.29, 1.82) is 0 Å². The average Bonchev–Trinajstić information content (AvgIpc) is 3.55. The lowest BCUT2D eigenvalue weighted by atomic mass is 10.1. The third-order valence-electron chi connectivity index (χ3n) is 6.27. The van der Waals surface area contributed by atoms with E-state index < -0.39 is 6.04 Å². The molecule has 1 saturated carbocycles. The van der Waals surface area contributed by atoms with E-state index in [0.717, 1.165) is 42.6 Å². The number of nitrogens with one attached hydrogen (secondary N) is 1. The van der Waals surface area contributed by atoms with Gasteiger partial charge in [-0.2, -0.15) is 4.80 Å². The second kappa shape index (κ2) is 10.2. The number of amides is 2. The van der Waals surface area contributed by atoms with Crippen LogP contribution in [0, 0.1) is 20.8 Å². The summed E-state index contributed by atoms with van der Waals surface area (Å²) in [5.41, 5.74) is 2.73. The molecule has 1 aliphatic carbocycles. The zero-order valence-electron chi connectivity index (χ0n) is 20.2. The minimum absolute atomic E-state index is 0.124. The summed E-state index contributed by atoms with van der Waals surface area (Å²) in [6, 6.07) is 9.00. The van der Waals surface area contributed by atoms with Crippen LogP contribution in [0.25, 0.3) is 11.6 Å². The number of carbonyl (C=O) groups excluding carboxylic acids is 2. The van der Waals surface area contributed by atoms with Gasteiger partial charge in [0, 0.05) is 11.7 Å². The first kappa shape index (κ1) is 23.7. The van der Waals surface area contributed by atoms with Crippen LogP contribution >= 0.6 is 0 Å². The van der Waals surface area contributed by atoms with E-state index in [9.17, 15) is 9.59 Å². The van der Waals surface area contributed by atoms with Crippen LogP contribution in [0.3, 0.4) is 0 Å². The molecule has 1 N–H and O–H groups in total. The third kappa shape index (κ3) is 5.18. The maximum atomic E-state index is 13.6. The summed E-state index contributed by atoms with van der Waals surface area (Å²) in [4.78, 5) is 29.8. The molecule has 2 heterocycles. The van der Waals surface area contributed by atoms with Crippen LogP contribution in [0.15, 0.2) is 34.7 Å². The van der Waals surface area contributed by atoms with Crippen molar-refractivity contribution in [3.8, 4) is 11.6 Å². The summed E-state index contributed by atoms with van der Waals surface area (Å²) < 4.78 is 5.56. The number of benzene rings is 1. The van der Waals surface area contributed by atoms with Crippen LogP contribution in [0.2, 0.25) is 0 Å². The van der Waals surface area contributed by atoms with E-state index in [0.29, 0.717) is 23.7 Å². The Bertz CT molecular complexity index is 1160. The van der Waals surface area contributed by atoms with Crippen molar-refractivity contribution < 1.29 is 14.0 Å². The molecule has 2 amide bonds. The van der Waals surface area contributed by atoms with Gasteiger partial charge in [0.2, 0.25) is 11.7 Å². The SMILES string of the molecule is CCC(C(=O)NC1CCCC1)N(C(=O)Cn1nnc(-c2ccc(C)o2)n1)c1ccc(C)cc1C. The summed E-state index contributed by atoms with van der Waals surface area (Å²) in [7, 11) is 0. The lowest BCUT2D eigenvalue weighted by Crippen LogP contribution is -2.52. The molecule has 34 heavy (non-hydrogen) atoms. The van der Waals surface area contributed by atoms with Gasteiger partial charge in [-0.1, -0.05) is 37.5 Å². The number of hydrogen-bond acceptors (Lipinski definition) is 6. The van der Waals surface area contributed by atoms with Gasteiger partial charge in [0.25, 0.3) is 5.91 Å². The highest BCUT2D eigenvalue weighted by atomic mass is 16.3. The summed E-state index contributed by atoms with van der Waals surface area (Å²) in [5.74, 6) is 1.14. The summed E-state index contributed by atoms with van der Waals surface area (Å²) in [5, 5.41) is 15.5. The first-order chi connectivity index (χ1) is 16.4. The maximum absolute atomic E-state index is 13.6. The Labute approximate surface area is 199 Å². The molecule has 2 aromatic heterocycles. The molecule has 1 fully saturated rings. The topological polar surface area (TPSA) is 106 Å². The Morgan fingerprint density at radius 3 is 2.59 bits per heavy atom. The molecule has 1 unspecified atom stereocenters. The fraction of sp³-hybridized carbons (Fsp3) is 0.480. The van der Waals surface area contributed by atoms with Crippen LogP contribution < -0.4 is 10.2 Å². The van der Waals surface area contributed by atoms with Gasteiger partial charge < -0.3 is 9.73 Å². The predicted octanol–water partition coefficient (Wildman–Crippen LogP) is 3.73. The van der Waals surface area contributed by atoms with E-state index in [4.69, 9.17) is 4.42 Å². The third-order valence-corrected chi connectivity index (χ3v) is 6.27. The van der Waals surface area contributed by atoms with E-state index >= 15 is 0 Å². The largest absolute Gasteiger partial charge is 0.458 e. The zero-order chi connectivity index (χ0) is 24.2. The highest BCUT2D eigenvalue weighted by Crippen LogP contribution is 2.26. The lowest BCUT2D eigenvalue weighted by molar-refractivity contribution is -0.127. The molecular formula is C25H32N6O3. The molecule has 1 atom stereocenters. The Balaban J connectivity index is 1.61. The van der Waals surface area contributed by atoms with E-state index in [2.05, 4.69) is 20.7 Å². The molecule has 3 aromatic rings. The fourth-order valence-corrected chi connectivity index (χ4v) is 4.57. The number of rotatable bonds is 8. The molecule has 180 valence electrons. The molecule has 9 heteroatoms. The van der Waals surface area contributed by atoms with E-state index in [1.165, 1.54) is 4.80 Å². The molecule has 9 nitrogen and oxygen atoms in total. The van der Waals surface area contributed by atoms with Crippen LogP contribution in [0.4, 0.5) is 5.69 Å². The van der Waals surface area contributed by atoms with Crippen LogP contribution in [-0.4, -0.2) is 44.1 Å². The molecule has 0 saturated heterocycles. The second-order valence-corrected chi connectivity index (χ2v) is 9.02. The van der Waals surface area contributed by atoms with Crippen LogP contribution in [-0.2, 0) is 16.1 Å². The van der Waals surface area contributed by atoms with Gasteiger partial charge in [-0.15, -0.1) is 10.2 Å². The van der Waals surface area contributed by atoms with Crippen molar-refractivity contribution in [2.75, 3.05) is 4.90 Å². The van der Waals surface area contributed by atoms with E-state index in [-0.39, 0.29) is 24.4 Å². The number of carbonyl (C=O) groups is 2. The molecule has 4 rings (SSSR count). The monoisotopic (exact) mass is 464 g/mol. The minimum Gasteiger partial charge on any atom is -0.458 e. The number of hydrogen-bond donors (Lipinski definition) is 1. The number of aryl methyl sites for hydroxylation is 3. The predicted molar refractivity (Wildman–Crippen MR) is 128 cm³/mol. The Morgan fingerprint density at radius 2 is 1.94 bits per heavy atom. The van der Waals surface area contributed by atoms with Crippen molar-refractivity contribution in [3.63, 3.8) is 0 Å². The summed E-state index contributed by atoms with van der Waals surface area (Å²) in [6.45, 7) is 7.57. The zero-order valence-corrected chi connectivity index (χ0v) is 20.2. The Kier molecular flexibility index (Phi) is 7.09. The average molecular weight is 465 g/mol. The number of furan rings is 1. The molecule has 1 aliphatic rings. The summed E-state index contributed by atoms with van der Waals surface area (Å²) >= 11 is 0. The maximum Gasteiger partial charge on any atom is 0.251 e. The van der Waals surface area contributed by atoms with Crippen molar-refractivity contribution in [2.45, 2.75) is 78.4 Å². The van der Waals surface area contributed by atoms with Gasteiger partial charge in [0.05, 0.1) is 0 Å². The van der Waals surface area contributed by atoms with Gasteiger partial charge in [0.1, 0.15) is 18.3 Å². The quantitative estimate of drug-likeness (QED) is 0.544.